The lowest BCUT2D eigenvalue weighted by Gasteiger charge is -2.05. The van der Waals surface area contributed by atoms with Gasteiger partial charge >= 0.3 is 5.63 Å². The van der Waals surface area contributed by atoms with E-state index >= 15 is 0 Å². The molecule has 16 heavy (non-hydrogen) atoms. The zero-order valence-electron chi connectivity index (χ0n) is 9.06. The topological polar surface area (TPSA) is 59.7 Å². The van der Waals surface area contributed by atoms with Gasteiger partial charge in [-0.1, -0.05) is 0 Å². The van der Waals surface area contributed by atoms with E-state index in [1.807, 2.05) is 0 Å². The highest BCUT2D eigenvalue weighted by atomic mass is 16.5. The van der Waals surface area contributed by atoms with Crippen molar-refractivity contribution in [2.24, 2.45) is 0 Å². The first-order valence-electron chi connectivity index (χ1n) is 4.91. The Morgan fingerprint density at radius 1 is 1.38 bits per heavy atom. The van der Waals surface area contributed by atoms with Gasteiger partial charge in [-0.05, 0) is 25.1 Å². The Hall–Kier alpha value is -1.81. The Morgan fingerprint density at radius 2 is 2.12 bits per heavy atom. The van der Waals surface area contributed by atoms with Crippen LogP contribution in [0.3, 0.4) is 0 Å². The molecular weight excluding hydrogens is 208 g/mol. The van der Waals surface area contributed by atoms with Gasteiger partial charge in [-0.3, -0.25) is 0 Å². The van der Waals surface area contributed by atoms with Gasteiger partial charge in [0.15, 0.2) is 0 Å². The number of fused-ring (bicyclic) bond motifs is 1. The quantitative estimate of drug-likeness (QED) is 0.785. The summed E-state index contributed by atoms with van der Waals surface area (Å²) < 4.78 is 10.1. The minimum absolute atomic E-state index is 0.262. The van der Waals surface area contributed by atoms with Crippen LogP contribution in [0.15, 0.2) is 33.5 Å². The van der Waals surface area contributed by atoms with Crippen LogP contribution in [0.2, 0.25) is 0 Å². The van der Waals surface area contributed by atoms with Gasteiger partial charge in [0, 0.05) is 11.5 Å². The highest BCUT2D eigenvalue weighted by Gasteiger charge is 2.10. The van der Waals surface area contributed by atoms with Crippen LogP contribution in [0.1, 0.15) is 18.6 Å². The Kier molecular flexibility index (Phi) is 2.66. The van der Waals surface area contributed by atoms with E-state index in [1.54, 1.807) is 31.4 Å². The first-order valence-corrected chi connectivity index (χ1v) is 4.91. The van der Waals surface area contributed by atoms with Crippen LogP contribution < -0.4 is 10.4 Å². The summed E-state index contributed by atoms with van der Waals surface area (Å²) in [7, 11) is 1.55. The van der Waals surface area contributed by atoms with E-state index in [4.69, 9.17) is 9.15 Å². The molecule has 0 spiro atoms. The normalized spacial score (nSPS) is 12.7. The number of hydrogen-bond donors (Lipinski definition) is 1. The van der Waals surface area contributed by atoms with Crippen LogP contribution in [0.4, 0.5) is 0 Å². The second-order valence-corrected chi connectivity index (χ2v) is 3.57. The molecule has 4 nitrogen and oxygen atoms in total. The fourth-order valence-corrected chi connectivity index (χ4v) is 1.53. The molecule has 0 fully saturated rings. The highest BCUT2D eigenvalue weighted by molar-refractivity contribution is 5.78. The third kappa shape index (κ3) is 1.79. The summed E-state index contributed by atoms with van der Waals surface area (Å²) in [6.45, 7) is 1.53. The zero-order valence-corrected chi connectivity index (χ0v) is 9.06. The summed E-state index contributed by atoms with van der Waals surface area (Å²) >= 11 is 0. The lowest BCUT2D eigenvalue weighted by atomic mass is 10.1. The number of aliphatic hydroxyl groups is 1. The minimum Gasteiger partial charge on any atom is -0.497 e. The Balaban J connectivity index is 2.69. The van der Waals surface area contributed by atoms with Gasteiger partial charge in [-0.15, -0.1) is 0 Å². The number of rotatable bonds is 2. The van der Waals surface area contributed by atoms with Gasteiger partial charge in [-0.2, -0.15) is 0 Å². The van der Waals surface area contributed by atoms with Crippen molar-refractivity contribution in [1.82, 2.24) is 0 Å². The van der Waals surface area contributed by atoms with Crippen molar-refractivity contribution >= 4 is 11.0 Å². The van der Waals surface area contributed by atoms with Crippen LogP contribution in [0, 0.1) is 0 Å². The third-order valence-electron chi connectivity index (χ3n) is 2.42. The summed E-state index contributed by atoms with van der Waals surface area (Å²) in [6.07, 6.45) is -0.831. The van der Waals surface area contributed by atoms with Crippen molar-refractivity contribution in [3.63, 3.8) is 0 Å². The molecule has 0 radical (unpaired) electrons. The second kappa shape index (κ2) is 3.98. The van der Waals surface area contributed by atoms with Gasteiger partial charge in [0.05, 0.1) is 18.8 Å². The first kappa shape index (κ1) is 10.7. The molecule has 1 aromatic heterocycles. The van der Waals surface area contributed by atoms with E-state index in [2.05, 4.69) is 0 Å². The molecule has 0 bridgehead atoms. The number of methoxy groups -OCH3 is 1. The molecule has 1 heterocycles. The maximum Gasteiger partial charge on any atom is 0.342 e. The number of ether oxygens (including phenoxy) is 1. The van der Waals surface area contributed by atoms with Crippen molar-refractivity contribution in [1.29, 1.82) is 0 Å². The van der Waals surface area contributed by atoms with Crippen molar-refractivity contribution in [3.8, 4) is 5.75 Å². The molecule has 0 saturated heterocycles. The van der Waals surface area contributed by atoms with Crippen molar-refractivity contribution in [3.05, 3.63) is 40.2 Å². The first-order chi connectivity index (χ1) is 7.61. The highest BCUT2D eigenvalue weighted by Crippen LogP contribution is 2.21. The molecular formula is C12H12O4. The van der Waals surface area contributed by atoms with E-state index in [0.717, 1.165) is 5.39 Å². The molecule has 1 atom stereocenters. The number of hydrogen-bond acceptors (Lipinski definition) is 4. The predicted molar refractivity (Wildman–Crippen MR) is 59.7 cm³/mol. The van der Waals surface area contributed by atoms with E-state index < -0.39 is 11.7 Å². The van der Waals surface area contributed by atoms with Crippen molar-refractivity contribution in [2.45, 2.75) is 13.0 Å². The molecule has 0 aliphatic heterocycles. The molecule has 1 N–H and O–H groups in total. The molecule has 0 saturated carbocycles. The molecule has 0 aliphatic rings. The third-order valence-corrected chi connectivity index (χ3v) is 2.42. The van der Waals surface area contributed by atoms with Gasteiger partial charge in [0.2, 0.25) is 0 Å². The second-order valence-electron chi connectivity index (χ2n) is 3.57. The number of aliphatic hydroxyl groups excluding tert-OH is 1. The van der Waals surface area contributed by atoms with Crippen LogP contribution >= 0.6 is 0 Å². The van der Waals surface area contributed by atoms with Gasteiger partial charge in [0.25, 0.3) is 0 Å². The molecule has 84 valence electrons. The van der Waals surface area contributed by atoms with Crippen LogP contribution in [-0.2, 0) is 0 Å². The summed E-state index contributed by atoms with van der Waals surface area (Å²) in [6, 6.07) is 6.82. The van der Waals surface area contributed by atoms with Gasteiger partial charge < -0.3 is 14.3 Å². The lowest BCUT2D eigenvalue weighted by Crippen LogP contribution is -2.09. The fraction of sp³-hybridized carbons (Fsp3) is 0.250. The van der Waals surface area contributed by atoms with Gasteiger partial charge in [0.1, 0.15) is 11.3 Å². The maximum absolute atomic E-state index is 11.5. The Bertz CT molecular complexity index is 569. The van der Waals surface area contributed by atoms with E-state index in [-0.39, 0.29) is 5.56 Å². The fourth-order valence-electron chi connectivity index (χ4n) is 1.53. The predicted octanol–water partition coefficient (Wildman–Crippen LogP) is 1.85. The number of benzene rings is 1. The molecule has 2 rings (SSSR count). The molecule has 2 aromatic rings. The molecule has 0 aliphatic carbocycles. The molecule has 1 unspecified atom stereocenters. The summed E-state index contributed by atoms with van der Waals surface area (Å²) in [5.74, 6) is 0.625. The molecule has 4 heteroatoms. The Morgan fingerprint density at radius 3 is 2.75 bits per heavy atom. The van der Waals surface area contributed by atoms with Gasteiger partial charge in [-0.25, -0.2) is 4.79 Å². The maximum atomic E-state index is 11.5. The van der Waals surface area contributed by atoms with Crippen molar-refractivity contribution in [2.75, 3.05) is 7.11 Å². The monoisotopic (exact) mass is 220 g/mol. The average molecular weight is 220 g/mol. The smallest absolute Gasteiger partial charge is 0.342 e. The van der Waals surface area contributed by atoms with E-state index in [9.17, 15) is 9.90 Å². The average Bonchev–Trinajstić information content (AvgIpc) is 2.27. The van der Waals surface area contributed by atoms with Crippen LogP contribution in [0.5, 0.6) is 5.75 Å². The summed E-state index contributed by atoms with van der Waals surface area (Å²) in [5.41, 5.74) is 0.196. The van der Waals surface area contributed by atoms with Crippen LogP contribution in [0.25, 0.3) is 11.0 Å². The zero-order chi connectivity index (χ0) is 11.7. The molecule has 1 aromatic carbocycles. The van der Waals surface area contributed by atoms with E-state index in [0.29, 0.717) is 11.3 Å². The summed E-state index contributed by atoms with van der Waals surface area (Å²) in [4.78, 5) is 11.5. The lowest BCUT2D eigenvalue weighted by molar-refractivity contribution is 0.194. The molecule has 0 amide bonds. The van der Waals surface area contributed by atoms with E-state index in [1.165, 1.54) is 6.92 Å². The largest absolute Gasteiger partial charge is 0.497 e. The minimum atomic E-state index is -0.831. The van der Waals surface area contributed by atoms with Crippen molar-refractivity contribution < 1.29 is 14.3 Å². The Labute approximate surface area is 92.1 Å². The standard InChI is InChI=1S/C12H12O4/c1-7(13)10-5-8-3-4-9(15-2)6-11(8)16-12(10)14/h3-7,13H,1-2H3. The summed E-state index contributed by atoms with van der Waals surface area (Å²) in [5, 5.41) is 10.1. The van der Waals surface area contributed by atoms with Crippen LogP contribution in [-0.4, -0.2) is 12.2 Å². The SMILES string of the molecule is COc1ccc2cc(C(C)O)c(=O)oc2c1.